The van der Waals surface area contributed by atoms with E-state index in [1.165, 1.54) is 4.90 Å². The Morgan fingerprint density at radius 3 is 3.11 bits per heavy atom. The summed E-state index contributed by atoms with van der Waals surface area (Å²) in [6.45, 7) is 0.264. The summed E-state index contributed by atoms with van der Waals surface area (Å²) >= 11 is 3.38. The van der Waals surface area contributed by atoms with E-state index in [0.717, 1.165) is 5.75 Å². The molecule has 0 aliphatic carbocycles. The Morgan fingerprint density at radius 1 is 1.67 bits per heavy atom. The highest BCUT2D eigenvalue weighted by molar-refractivity contribution is 7.99. The molecule has 0 saturated carbocycles. The van der Waals surface area contributed by atoms with Crippen molar-refractivity contribution in [1.29, 1.82) is 0 Å². The standard InChI is InChI=1S/C6H8OS2/c7-2-4-9-6-1-3-8-5-6/h1,3,5,7H,2,4H2. The Bertz CT molecular complexity index is 148. The molecular weight excluding hydrogens is 152 g/mol. The van der Waals surface area contributed by atoms with Crippen molar-refractivity contribution in [3.63, 3.8) is 0 Å². The molecule has 0 amide bonds. The van der Waals surface area contributed by atoms with Crippen molar-refractivity contribution < 1.29 is 5.11 Å². The molecule has 0 saturated heterocycles. The van der Waals surface area contributed by atoms with Gasteiger partial charge in [0.15, 0.2) is 0 Å². The number of aliphatic hydroxyl groups is 1. The van der Waals surface area contributed by atoms with E-state index in [1.807, 2.05) is 5.38 Å². The summed E-state index contributed by atoms with van der Waals surface area (Å²) in [6.07, 6.45) is 0. The Hall–Kier alpha value is 0.01000. The fourth-order valence-electron chi connectivity index (χ4n) is 0.498. The summed E-state index contributed by atoms with van der Waals surface area (Å²) in [5.41, 5.74) is 0. The second-order valence-corrected chi connectivity index (χ2v) is 3.48. The minimum absolute atomic E-state index is 0.264. The zero-order chi connectivity index (χ0) is 6.53. The van der Waals surface area contributed by atoms with Gasteiger partial charge in [-0.15, -0.1) is 11.8 Å². The lowest BCUT2D eigenvalue weighted by molar-refractivity contribution is 0.322. The maximum atomic E-state index is 8.45. The van der Waals surface area contributed by atoms with Gasteiger partial charge in [0.2, 0.25) is 0 Å². The summed E-state index contributed by atoms with van der Waals surface area (Å²) < 4.78 is 0. The monoisotopic (exact) mass is 160 g/mol. The first kappa shape index (κ1) is 7.12. The molecule has 1 N–H and O–H groups in total. The second-order valence-electron chi connectivity index (χ2n) is 1.53. The number of hydrogen-bond donors (Lipinski definition) is 1. The highest BCUT2D eigenvalue weighted by Crippen LogP contribution is 2.19. The molecular formula is C6H8OS2. The van der Waals surface area contributed by atoms with Crippen LogP contribution >= 0.6 is 23.1 Å². The van der Waals surface area contributed by atoms with Gasteiger partial charge in [-0.2, -0.15) is 11.3 Å². The van der Waals surface area contributed by atoms with Gasteiger partial charge in [-0.25, -0.2) is 0 Å². The van der Waals surface area contributed by atoms with Crippen LogP contribution in [0.15, 0.2) is 21.7 Å². The average Bonchev–Trinajstić information content (AvgIpc) is 2.34. The predicted molar refractivity (Wildman–Crippen MR) is 42.1 cm³/mol. The number of thioether (sulfide) groups is 1. The van der Waals surface area contributed by atoms with Crippen molar-refractivity contribution in [2.24, 2.45) is 0 Å². The van der Waals surface area contributed by atoms with Gasteiger partial charge in [0.25, 0.3) is 0 Å². The first-order valence-corrected chi connectivity index (χ1v) is 4.62. The van der Waals surface area contributed by atoms with E-state index in [1.54, 1.807) is 23.1 Å². The first-order chi connectivity index (χ1) is 4.43. The lowest BCUT2D eigenvalue weighted by Crippen LogP contribution is -1.83. The van der Waals surface area contributed by atoms with Gasteiger partial charge >= 0.3 is 0 Å². The fourth-order valence-corrected chi connectivity index (χ4v) is 2.03. The van der Waals surface area contributed by atoms with Gasteiger partial charge in [0, 0.05) is 16.0 Å². The smallest absolute Gasteiger partial charge is 0.0525 e. The molecule has 0 aliphatic heterocycles. The maximum absolute atomic E-state index is 8.45. The van der Waals surface area contributed by atoms with Crippen LogP contribution in [0.25, 0.3) is 0 Å². The van der Waals surface area contributed by atoms with Crippen molar-refractivity contribution in [3.05, 3.63) is 16.8 Å². The molecule has 1 aromatic heterocycles. The lowest BCUT2D eigenvalue weighted by atomic mass is 10.7. The summed E-state index contributed by atoms with van der Waals surface area (Å²) in [6, 6.07) is 2.06. The van der Waals surface area contributed by atoms with Gasteiger partial charge in [0.05, 0.1) is 6.61 Å². The Balaban J connectivity index is 2.30. The fraction of sp³-hybridized carbons (Fsp3) is 0.333. The van der Waals surface area contributed by atoms with E-state index in [0.29, 0.717) is 0 Å². The predicted octanol–water partition coefficient (Wildman–Crippen LogP) is 1.83. The zero-order valence-corrected chi connectivity index (χ0v) is 6.54. The SMILES string of the molecule is OCCSc1ccsc1. The van der Waals surface area contributed by atoms with Crippen LogP contribution in [0.2, 0.25) is 0 Å². The highest BCUT2D eigenvalue weighted by Gasteiger charge is 1.90. The van der Waals surface area contributed by atoms with Gasteiger partial charge in [-0.05, 0) is 11.4 Å². The Morgan fingerprint density at radius 2 is 2.56 bits per heavy atom. The van der Waals surface area contributed by atoms with E-state index < -0.39 is 0 Å². The van der Waals surface area contributed by atoms with Crippen LogP contribution in [0.4, 0.5) is 0 Å². The summed E-state index contributed by atoms with van der Waals surface area (Å²) in [5, 5.41) is 12.6. The summed E-state index contributed by atoms with van der Waals surface area (Å²) in [5.74, 6) is 0.802. The van der Waals surface area contributed by atoms with Crippen LogP contribution in [0.5, 0.6) is 0 Å². The minimum atomic E-state index is 0.264. The van der Waals surface area contributed by atoms with Crippen molar-refractivity contribution in [2.75, 3.05) is 12.4 Å². The molecule has 0 fully saturated rings. The van der Waals surface area contributed by atoms with Crippen molar-refractivity contribution >= 4 is 23.1 Å². The van der Waals surface area contributed by atoms with Gasteiger partial charge in [0.1, 0.15) is 0 Å². The first-order valence-electron chi connectivity index (χ1n) is 2.69. The van der Waals surface area contributed by atoms with E-state index in [-0.39, 0.29) is 6.61 Å². The summed E-state index contributed by atoms with van der Waals surface area (Å²) in [7, 11) is 0. The number of hydrogen-bond acceptors (Lipinski definition) is 3. The van der Waals surface area contributed by atoms with Crippen molar-refractivity contribution in [1.82, 2.24) is 0 Å². The van der Waals surface area contributed by atoms with Crippen LogP contribution < -0.4 is 0 Å². The molecule has 0 aliphatic rings. The minimum Gasteiger partial charge on any atom is -0.396 e. The molecule has 1 rings (SSSR count). The molecule has 50 valence electrons. The zero-order valence-electron chi connectivity index (χ0n) is 4.91. The average molecular weight is 160 g/mol. The molecule has 0 radical (unpaired) electrons. The third-order valence-corrected chi connectivity index (χ3v) is 2.66. The van der Waals surface area contributed by atoms with Crippen molar-refractivity contribution in [3.8, 4) is 0 Å². The third-order valence-electron chi connectivity index (χ3n) is 0.855. The highest BCUT2D eigenvalue weighted by atomic mass is 32.2. The second kappa shape index (κ2) is 3.93. The van der Waals surface area contributed by atoms with Crippen molar-refractivity contribution in [2.45, 2.75) is 4.90 Å². The van der Waals surface area contributed by atoms with Crippen LogP contribution in [0.3, 0.4) is 0 Å². The van der Waals surface area contributed by atoms with Gasteiger partial charge in [-0.3, -0.25) is 0 Å². The topological polar surface area (TPSA) is 20.2 Å². The lowest BCUT2D eigenvalue weighted by Gasteiger charge is -1.90. The van der Waals surface area contributed by atoms with E-state index in [2.05, 4.69) is 11.4 Å². The Kier molecular flexibility index (Phi) is 3.11. The van der Waals surface area contributed by atoms with Crippen LogP contribution in [0, 0.1) is 0 Å². The number of aliphatic hydroxyl groups excluding tert-OH is 1. The molecule has 0 atom stereocenters. The molecule has 1 nitrogen and oxygen atoms in total. The normalized spacial score (nSPS) is 9.89. The van der Waals surface area contributed by atoms with E-state index >= 15 is 0 Å². The van der Waals surface area contributed by atoms with E-state index in [4.69, 9.17) is 5.11 Å². The largest absolute Gasteiger partial charge is 0.396 e. The molecule has 0 aromatic carbocycles. The molecule has 3 heteroatoms. The van der Waals surface area contributed by atoms with Crippen LogP contribution in [-0.4, -0.2) is 17.5 Å². The van der Waals surface area contributed by atoms with E-state index in [9.17, 15) is 0 Å². The molecule has 0 bridgehead atoms. The number of rotatable bonds is 3. The maximum Gasteiger partial charge on any atom is 0.0525 e. The van der Waals surface area contributed by atoms with Crippen LogP contribution in [-0.2, 0) is 0 Å². The molecule has 1 aromatic rings. The van der Waals surface area contributed by atoms with Gasteiger partial charge in [-0.1, -0.05) is 0 Å². The molecule has 0 unspecified atom stereocenters. The quantitative estimate of drug-likeness (QED) is 0.681. The van der Waals surface area contributed by atoms with Crippen LogP contribution in [0.1, 0.15) is 0 Å². The Labute approximate surface area is 62.7 Å². The molecule has 9 heavy (non-hydrogen) atoms. The number of thiophene rings is 1. The third kappa shape index (κ3) is 2.39. The summed E-state index contributed by atoms with van der Waals surface area (Å²) in [4.78, 5) is 1.26. The van der Waals surface area contributed by atoms with Gasteiger partial charge < -0.3 is 5.11 Å². The molecule has 0 spiro atoms. The molecule has 1 heterocycles.